The maximum absolute atomic E-state index is 5.40. The van der Waals surface area contributed by atoms with E-state index in [1.54, 1.807) is 0 Å². The number of unbranched alkanes of at least 4 members (excludes halogenated alkanes) is 1. The Morgan fingerprint density at radius 3 is 2.87 bits per heavy atom. The van der Waals surface area contributed by atoms with Crippen LogP contribution in [0.3, 0.4) is 0 Å². The summed E-state index contributed by atoms with van der Waals surface area (Å²) in [4.78, 5) is 2.31. The standard InChI is InChI=1S/C11H22N2S2/c1-4-5-6-12-10(14)13-7-8-15-11(2,3)9-13/h4-9H2,1-3H3,(H,12,14). The van der Waals surface area contributed by atoms with Gasteiger partial charge in [0.2, 0.25) is 0 Å². The lowest BCUT2D eigenvalue weighted by Gasteiger charge is -2.39. The molecule has 1 rings (SSSR count). The number of thiocarbonyl (C=S) groups is 1. The van der Waals surface area contributed by atoms with Crippen LogP contribution in [-0.2, 0) is 0 Å². The van der Waals surface area contributed by atoms with Gasteiger partial charge in [0.15, 0.2) is 5.11 Å². The van der Waals surface area contributed by atoms with Crippen LogP contribution in [0.15, 0.2) is 0 Å². The Morgan fingerprint density at radius 1 is 1.53 bits per heavy atom. The molecule has 1 heterocycles. The quantitative estimate of drug-likeness (QED) is 0.607. The number of hydrogen-bond acceptors (Lipinski definition) is 2. The molecule has 0 unspecified atom stereocenters. The first-order valence-electron chi connectivity index (χ1n) is 5.72. The monoisotopic (exact) mass is 246 g/mol. The van der Waals surface area contributed by atoms with E-state index in [1.165, 1.54) is 18.6 Å². The molecule has 1 fully saturated rings. The molecule has 0 aromatic carbocycles. The Bertz CT molecular complexity index is 217. The highest BCUT2D eigenvalue weighted by Crippen LogP contribution is 2.29. The first kappa shape index (κ1) is 13.1. The van der Waals surface area contributed by atoms with Gasteiger partial charge in [0.1, 0.15) is 0 Å². The van der Waals surface area contributed by atoms with Gasteiger partial charge in [0, 0.05) is 30.1 Å². The van der Waals surface area contributed by atoms with Crippen molar-refractivity contribution in [3.8, 4) is 0 Å². The summed E-state index contributed by atoms with van der Waals surface area (Å²) < 4.78 is 0.342. The molecular weight excluding hydrogens is 224 g/mol. The minimum Gasteiger partial charge on any atom is -0.363 e. The van der Waals surface area contributed by atoms with Gasteiger partial charge in [0.05, 0.1) is 0 Å². The molecule has 0 spiro atoms. The van der Waals surface area contributed by atoms with Crippen LogP contribution in [0.25, 0.3) is 0 Å². The van der Waals surface area contributed by atoms with Gasteiger partial charge >= 0.3 is 0 Å². The highest BCUT2D eigenvalue weighted by molar-refractivity contribution is 8.00. The Hall–Kier alpha value is 0.0400. The fourth-order valence-electron chi connectivity index (χ4n) is 1.67. The summed E-state index contributed by atoms with van der Waals surface area (Å²) in [5, 5.41) is 4.28. The third-order valence-corrected chi connectivity index (χ3v) is 4.22. The van der Waals surface area contributed by atoms with Gasteiger partial charge in [-0.25, -0.2) is 0 Å². The third kappa shape index (κ3) is 4.60. The Kier molecular flexibility index (Phi) is 5.19. The molecule has 88 valence electrons. The fraction of sp³-hybridized carbons (Fsp3) is 0.909. The molecule has 1 N–H and O–H groups in total. The summed E-state index contributed by atoms with van der Waals surface area (Å²) in [5.41, 5.74) is 0. The highest BCUT2D eigenvalue weighted by Gasteiger charge is 2.27. The van der Waals surface area contributed by atoms with E-state index in [4.69, 9.17) is 12.2 Å². The van der Waals surface area contributed by atoms with Crippen molar-refractivity contribution in [3.63, 3.8) is 0 Å². The van der Waals surface area contributed by atoms with Crippen molar-refractivity contribution in [2.75, 3.05) is 25.4 Å². The number of hydrogen-bond donors (Lipinski definition) is 1. The van der Waals surface area contributed by atoms with Crippen LogP contribution in [0.2, 0.25) is 0 Å². The van der Waals surface area contributed by atoms with Gasteiger partial charge in [-0.05, 0) is 32.5 Å². The summed E-state index contributed by atoms with van der Waals surface area (Å²) in [6.07, 6.45) is 2.42. The molecule has 0 atom stereocenters. The van der Waals surface area contributed by atoms with E-state index in [0.717, 1.165) is 24.7 Å². The molecule has 15 heavy (non-hydrogen) atoms. The topological polar surface area (TPSA) is 15.3 Å². The predicted octanol–water partition coefficient (Wildman–Crippen LogP) is 2.49. The molecule has 4 heteroatoms. The lowest BCUT2D eigenvalue weighted by Crippen LogP contribution is -2.50. The summed E-state index contributed by atoms with van der Waals surface area (Å²) >= 11 is 7.44. The Morgan fingerprint density at radius 2 is 2.27 bits per heavy atom. The van der Waals surface area contributed by atoms with E-state index in [0.29, 0.717) is 4.75 Å². The lowest BCUT2D eigenvalue weighted by atomic mass is 10.2. The van der Waals surface area contributed by atoms with Crippen LogP contribution in [0.1, 0.15) is 33.6 Å². The minimum atomic E-state index is 0.342. The first-order valence-corrected chi connectivity index (χ1v) is 7.11. The van der Waals surface area contributed by atoms with Gasteiger partial charge < -0.3 is 10.2 Å². The number of rotatable bonds is 3. The van der Waals surface area contributed by atoms with Crippen molar-refractivity contribution in [1.29, 1.82) is 0 Å². The van der Waals surface area contributed by atoms with E-state index in [2.05, 4.69) is 31.0 Å². The van der Waals surface area contributed by atoms with Gasteiger partial charge in [0.25, 0.3) is 0 Å². The molecular formula is C11H22N2S2. The molecule has 0 saturated carbocycles. The van der Waals surface area contributed by atoms with Crippen LogP contribution in [0.5, 0.6) is 0 Å². The van der Waals surface area contributed by atoms with Crippen molar-refractivity contribution in [1.82, 2.24) is 10.2 Å². The Balaban J connectivity index is 2.32. The SMILES string of the molecule is CCCCNC(=S)N1CCSC(C)(C)C1. The maximum atomic E-state index is 5.40. The second kappa shape index (κ2) is 5.94. The van der Waals surface area contributed by atoms with Gasteiger partial charge in [-0.3, -0.25) is 0 Å². The zero-order valence-corrected chi connectivity index (χ0v) is 11.6. The zero-order chi connectivity index (χ0) is 11.3. The Labute approximate surface area is 103 Å². The van der Waals surface area contributed by atoms with Crippen LogP contribution >= 0.6 is 24.0 Å². The number of nitrogens with zero attached hydrogens (tertiary/aromatic N) is 1. The van der Waals surface area contributed by atoms with Gasteiger partial charge in [-0.15, -0.1) is 0 Å². The number of thioether (sulfide) groups is 1. The molecule has 0 aromatic rings. The second-order valence-corrected chi connectivity index (χ2v) is 6.80. The van der Waals surface area contributed by atoms with E-state index < -0.39 is 0 Å². The molecule has 0 amide bonds. The summed E-state index contributed by atoms with van der Waals surface area (Å²) in [6, 6.07) is 0. The lowest BCUT2D eigenvalue weighted by molar-refractivity contribution is 0.383. The van der Waals surface area contributed by atoms with E-state index in [1.807, 2.05) is 11.8 Å². The first-order chi connectivity index (χ1) is 7.05. The van der Waals surface area contributed by atoms with Crippen LogP contribution in [-0.4, -0.2) is 40.1 Å². The highest BCUT2D eigenvalue weighted by atomic mass is 32.2. The number of nitrogens with one attached hydrogen (secondary N) is 1. The summed E-state index contributed by atoms with van der Waals surface area (Å²) in [5.74, 6) is 1.18. The molecule has 1 aliphatic rings. The normalized spacial score (nSPS) is 20.1. The van der Waals surface area contributed by atoms with Crippen molar-refractivity contribution in [2.24, 2.45) is 0 Å². The average molecular weight is 246 g/mol. The largest absolute Gasteiger partial charge is 0.363 e. The third-order valence-electron chi connectivity index (χ3n) is 2.52. The van der Waals surface area contributed by atoms with E-state index in [9.17, 15) is 0 Å². The van der Waals surface area contributed by atoms with Crippen LogP contribution < -0.4 is 5.32 Å². The van der Waals surface area contributed by atoms with Gasteiger partial charge in [-0.2, -0.15) is 11.8 Å². The second-order valence-electron chi connectivity index (χ2n) is 4.62. The van der Waals surface area contributed by atoms with Crippen molar-refractivity contribution in [2.45, 2.75) is 38.4 Å². The molecule has 0 aromatic heterocycles. The van der Waals surface area contributed by atoms with Gasteiger partial charge in [-0.1, -0.05) is 13.3 Å². The predicted molar refractivity (Wildman–Crippen MR) is 73.6 cm³/mol. The molecule has 0 bridgehead atoms. The van der Waals surface area contributed by atoms with E-state index >= 15 is 0 Å². The fourth-order valence-corrected chi connectivity index (χ4v) is 3.04. The molecule has 1 saturated heterocycles. The summed E-state index contributed by atoms with van der Waals surface area (Å²) in [6.45, 7) is 9.95. The summed E-state index contributed by atoms with van der Waals surface area (Å²) in [7, 11) is 0. The van der Waals surface area contributed by atoms with Crippen LogP contribution in [0, 0.1) is 0 Å². The molecule has 0 radical (unpaired) electrons. The molecule has 0 aliphatic carbocycles. The smallest absolute Gasteiger partial charge is 0.169 e. The van der Waals surface area contributed by atoms with Crippen molar-refractivity contribution < 1.29 is 0 Å². The average Bonchev–Trinajstić information content (AvgIpc) is 2.16. The zero-order valence-electron chi connectivity index (χ0n) is 10.0. The van der Waals surface area contributed by atoms with E-state index in [-0.39, 0.29) is 0 Å². The molecule has 2 nitrogen and oxygen atoms in total. The van der Waals surface area contributed by atoms with Crippen molar-refractivity contribution >= 4 is 29.1 Å². The minimum absolute atomic E-state index is 0.342. The maximum Gasteiger partial charge on any atom is 0.169 e. The van der Waals surface area contributed by atoms with Crippen molar-refractivity contribution in [3.05, 3.63) is 0 Å². The molecule has 1 aliphatic heterocycles. The van der Waals surface area contributed by atoms with Crippen LogP contribution in [0.4, 0.5) is 0 Å².